The van der Waals surface area contributed by atoms with Crippen LogP contribution < -0.4 is 0 Å². The Bertz CT molecular complexity index is 1770. The zero-order chi connectivity index (χ0) is 67.7. The Morgan fingerprint density at radius 2 is 0.500 bits per heavy atom. The number of hydrogen-bond donors (Lipinski definition) is 3. The van der Waals surface area contributed by atoms with Gasteiger partial charge in [-0.2, -0.15) is 0 Å². The summed E-state index contributed by atoms with van der Waals surface area (Å²) < 4.78 is 68.2. The van der Waals surface area contributed by atoms with Crippen molar-refractivity contribution in [1.29, 1.82) is 0 Å². The standard InChI is InChI=1S/C73H142O17P2/c1-6-9-12-15-17-19-21-23-25-26-27-28-29-31-35-40-44-49-54-59-73(78)90-69(63-84-71(76)57-52-47-42-38-36-32-33-37-41-46-50-55-66(4)5)65-88-92(81,82)86-61-67(74)60-85-91(79,80)87-64-68(62-83-70(75)56-51-45-14-11-8-3)89-72(77)58-53-48-43-39-34-30-24-22-20-18-16-13-10-7-2/h66-69,74H,6-65H2,1-5H3,(H,79,80)(H,81,82)/t67-,68+,69+/m0/s1. The second kappa shape index (κ2) is 66.3. The highest BCUT2D eigenvalue weighted by Crippen LogP contribution is 2.45. The first-order valence-electron chi connectivity index (χ1n) is 38.1. The first-order chi connectivity index (χ1) is 44.5. The third-order valence-electron chi connectivity index (χ3n) is 17.0. The number of aliphatic hydroxyl groups is 1. The van der Waals surface area contributed by atoms with Crippen molar-refractivity contribution in [3.05, 3.63) is 0 Å². The van der Waals surface area contributed by atoms with Crippen LogP contribution in [0.2, 0.25) is 0 Å². The lowest BCUT2D eigenvalue weighted by Gasteiger charge is -2.21. The summed E-state index contributed by atoms with van der Waals surface area (Å²) in [4.78, 5) is 72.4. The summed E-state index contributed by atoms with van der Waals surface area (Å²) >= 11 is 0. The number of carbonyl (C=O) groups excluding carboxylic acids is 4. The van der Waals surface area contributed by atoms with Gasteiger partial charge < -0.3 is 33.8 Å². The van der Waals surface area contributed by atoms with Crippen LogP contribution in [-0.2, 0) is 65.4 Å². The Kier molecular flexibility index (Phi) is 64.9. The van der Waals surface area contributed by atoms with Crippen LogP contribution in [0.15, 0.2) is 0 Å². The zero-order valence-electron chi connectivity index (χ0n) is 59.7. The number of phosphoric acid groups is 2. The summed E-state index contributed by atoms with van der Waals surface area (Å²) in [6.45, 7) is 7.19. The highest BCUT2D eigenvalue weighted by atomic mass is 31.2. The zero-order valence-corrected chi connectivity index (χ0v) is 61.5. The van der Waals surface area contributed by atoms with Crippen molar-refractivity contribution in [2.45, 2.75) is 400 Å². The number of aliphatic hydroxyl groups excluding tert-OH is 1. The maximum atomic E-state index is 13.0. The summed E-state index contributed by atoms with van der Waals surface area (Å²) in [6, 6.07) is 0. The molecule has 0 saturated heterocycles. The number of phosphoric ester groups is 2. The van der Waals surface area contributed by atoms with E-state index in [-0.39, 0.29) is 25.7 Å². The van der Waals surface area contributed by atoms with E-state index in [0.29, 0.717) is 25.7 Å². The molecule has 0 aliphatic rings. The molecule has 0 fully saturated rings. The molecular weight excluding hydrogens is 1210 g/mol. The van der Waals surface area contributed by atoms with Gasteiger partial charge in [0.2, 0.25) is 0 Å². The van der Waals surface area contributed by atoms with E-state index < -0.39 is 97.5 Å². The average molecular weight is 1350 g/mol. The SMILES string of the molecule is CCCCCCCCCCCCCCCCCCCCCC(=O)O[C@H](COC(=O)CCCCCCCCCCCCCC(C)C)COP(=O)(O)OC[C@@H](O)COP(=O)(O)OC[C@@H](COC(=O)CCCCCCC)OC(=O)CCCCCCCCCCCCCCCC. The first kappa shape index (κ1) is 90.1. The predicted molar refractivity (Wildman–Crippen MR) is 372 cm³/mol. The number of rotatable bonds is 73. The average Bonchev–Trinajstić information content (AvgIpc) is 1.97. The summed E-state index contributed by atoms with van der Waals surface area (Å²) in [7, 11) is -9.89. The lowest BCUT2D eigenvalue weighted by Crippen LogP contribution is -2.30. The van der Waals surface area contributed by atoms with Crippen molar-refractivity contribution in [2.24, 2.45) is 5.92 Å². The number of ether oxygens (including phenoxy) is 4. The van der Waals surface area contributed by atoms with Crippen molar-refractivity contribution in [3.63, 3.8) is 0 Å². The molecule has 0 bridgehead atoms. The number of unbranched alkanes of at least 4 members (excludes halogenated alkanes) is 45. The highest BCUT2D eigenvalue weighted by molar-refractivity contribution is 7.47. The summed E-state index contributed by atoms with van der Waals surface area (Å²) in [5, 5.41) is 10.6. The molecule has 0 radical (unpaired) electrons. The molecule has 17 nitrogen and oxygen atoms in total. The molecule has 0 saturated carbocycles. The fourth-order valence-corrected chi connectivity index (χ4v) is 12.8. The van der Waals surface area contributed by atoms with Crippen LogP contribution in [0.5, 0.6) is 0 Å². The van der Waals surface area contributed by atoms with Crippen molar-refractivity contribution in [1.82, 2.24) is 0 Å². The molecule has 0 rings (SSSR count). The Morgan fingerprint density at radius 1 is 0.293 bits per heavy atom. The van der Waals surface area contributed by atoms with E-state index in [1.165, 1.54) is 199 Å². The fraction of sp³-hybridized carbons (Fsp3) is 0.945. The van der Waals surface area contributed by atoms with Crippen LogP contribution in [0.1, 0.15) is 381 Å². The molecule has 0 heterocycles. The van der Waals surface area contributed by atoms with E-state index >= 15 is 0 Å². The van der Waals surface area contributed by atoms with Gasteiger partial charge in [-0.1, -0.05) is 330 Å². The minimum atomic E-state index is -4.95. The van der Waals surface area contributed by atoms with Gasteiger partial charge in [-0.3, -0.25) is 37.3 Å². The van der Waals surface area contributed by atoms with Crippen LogP contribution in [-0.4, -0.2) is 96.7 Å². The Morgan fingerprint density at radius 3 is 0.739 bits per heavy atom. The molecular formula is C73H142O17P2. The predicted octanol–water partition coefficient (Wildman–Crippen LogP) is 21.3. The molecule has 2 unspecified atom stereocenters. The summed E-state index contributed by atoms with van der Waals surface area (Å²) in [5.74, 6) is -1.36. The van der Waals surface area contributed by atoms with E-state index in [1.807, 2.05) is 0 Å². The first-order valence-corrected chi connectivity index (χ1v) is 41.1. The molecule has 0 aromatic carbocycles. The second-order valence-electron chi connectivity index (χ2n) is 26.8. The molecule has 3 N–H and O–H groups in total. The van der Waals surface area contributed by atoms with E-state index in [2.05, 4.69) is 34.6 Å². The van der Waals surface area contributed by atoms with Gasteiger partial charge in [-0.05, 0) is 31.6 Å². The van der Waals surface area contributed by atoms with E-state index in [0.717, 1.165) is 102 Å². The van der Waals surface area contributed by atoms with Crippen LogP contribution >= 0.6 is 15.6 Å². The molecule has 0 aromatic heterocycles. The molecule has 19 heteroatoms. The van der Waals surface area contributed by atoms with Gasteiger partial charge in [0.15, 0.2) is 12.2 Å². The third-order valence-corrected chi connectivity index (χ3v) is 18.9. The maximum absolute atomic E-state index is 13.0. The largest absolute Gasteiger partial charge is 0.472 e. The number of hydrogen-bond acceptors (Lipinski definition) is 15. The number of esters is 4. The van der Waals surface area contributed by atoms with Crippen LogP contribution in [0, 0.1) is 5.92 Å². The van der Waals surface area contributed by atoms with Crippen LogP contribution in [0.25, 0.3) is 0 Å². The van der Waals surface area contributed by atoms with Gasteiger partial charge in [0.25, 0.3) is 0 Å². The molecule has 0 aliphatic heterocycles. The quantitative estimate of drug-likeness (QED) is 0.0222. The van der Waals surface area contributed by atoms with Crippen molar-refractivity contribution < 1.29 is 80.2 Å². The smallest absolute Gasteiger partial charge is 0.462 e. The normalized spacial score (nSPS) is 14.0. The molecule has 0 spiro atoms. The highest BCUT2D eigenvalue weighted by Gasteiger charge is 2.30. The van der Waals surface area contributed by atoms with Gasteiger partial charge in [0, 0.05) is 25.7 Å². The molecule has 0 aromatic rings. The second-order valence-corrected chi connectivity index (χ2v) is 29.7. The maximum Gasteiger partial charge on any atom is 0.472 e. The van der Waals surface area contributed by atoms with Crippen molar-refractivity contribution in [2.75, 3.05) is 39.6 Å². The summed E-state index contributed by atoms with van der Waals surface area (Å²) in [5.41, 5.74) is 0. The van der Waals surface area contributed by atoms with Crippen LogP contribution in [0.3, 0.4) is 0 Å². The monoisotopic (exact) mass is 1350 g/mol. The van der Waals surface area contributed by atoms with Gasteiger partial charge in [0.05, 0.1) is 26.4 Å². The third kappa shape index (κ3) is 66.7. The Hall–Kier alpha value is -1.94. The summed E-state index contributed by atoms with van der Waals surface area (Å²) in [6.07, 6.45) is 54.5. The van der Waals surface area contributed by atoms with Gasteiger partial charge >= 0.3 is 39.5 Å². The topological polar surface area (TPSA) is 237 Å². The fourth-order valence-electron chi connectivity index (χ4n) is 11.2. The van der Waals surface area contributed by atoms with E-state index in [9.17, 15) is 43.2 Å². The minimum absolute atomic E-state index is 0.107. The lowest BCUT2D eigenvalue weighted by molar-refractivity contribution is -0.161. The van der Waals surface area contributed by atoms with E-state index in [4.69, 9.17) is 37.0 Å². The molecule has 0 amide bonds. The molecule has 5 atom stereocenters. The van der Waals surface area contributed by atoms with E-state index in [1.54, 1.807) is 0 Å². The molecule has 0 aliphatic carbocycles. The van der Waals surface area contributed by atoms with Crippen molar-refractivity contribution in [3.8, 4) is 0 Å². The Labute approximate surface area is 562 Å². The van der Waals surface area contributed by atoms with Crippen LogP contribution in [0.4, 0.5) is 0 Å². The minimum Gasteiger partial charge on any atom is -0.462 e. The number of carbonyl (C=O) groups is 4. The van der Waals surface area contributed by atoms with Gasteiger partial charge in [0.1, 0.15) is 19.3 Å². The van der Waals surface area contributed by atoms with Gasteiger partial charge in [-0.25, -0.2) is 9.13 Å². The lowest BCUT2D eigenvalue weighted by atomic mass is 10.0. The van der Waals surface area contributed by atoms with Gasteiger partial charge in [-0.15, -0.1) is 0 Å². The molecule has 546 valence electrons. The molecule has 92 heavy (non-hydrogen) atoms. The van der Waals surface area contributed by atoms with Crippen molar-refractivity contribution >= 4 is 39.5 Å². The Balaban J connectivity index is 5.14.